The van der Waals surface area contributed by atoms with Crippen LogP contribution in [-0.2, 0) is 19.1 Å². The number of carbonyl (C=O) groups is 3. The van der Waals surface area contributed by atoms with Crippen LogP contribution in [0.2, 0.25) is 0 Å². The van der Waals surface area contributed by atoms with Crippen molar-refractivity contribution in [1.29, 1.82) is 0 Å². The minimum atomic E-state index is -0.794. The van der Waals surface area contributed by atoms with Crippen LogP contribution in [0.3, 0.4) is 0 Å². The summed E-state index contributed by atoms with van der Waals surface area (Å²) in [7, 11) is 0. The highest BCUT2D eigenvalue weighted by atomic mass is 79.9. The summed E-state index contributed by atoms with van der Waals surface area (Å²) in [5.41, 5.74) is 0. The third kappa shape index (κ3) is 4.17. The summed E-state index contributed by atoms with van der Waals surface area (Å²) in [6, 6.07) is 3.70. The highest BCUT2D eigenvalue weighted by molar-refractivity contribution is 9.10. The SMILES string of the molecule is O=C(COc1ccc(F)cc1Br)OCC(=O)N1CCOC1=O. The quantitative estimate of drug-likeness (QED) is 0.725. The maximum absolute atomic E-state index is 12.9. The van der Waals surface area contributed by atoms with Gasteiger partial charge in [0.25, 0.3) is 5.91 Å². The van der Waals surface area contributed by atoms with Gasteiger partial charge in [0.1, 0.15) is 18.2 Å². The summed E-state index contributed by atoms with van der Waals surface area (Å²) in [4.78, 5) is 35.0. The van der Waals surface area contributed by atoms with Gasteiger partial charge in [-0.3, -0.25) is 4.79 Å². The second-order valence-corrected chi connectivity index (χ2v) is 5.04. The smallest absolute Gasteiger partial charge is 0.416 e. The maximum atomic E-state index is 12.9. The van der Waals surface area contributed by atoms with Crippen molar-refractivity contribution in [2.45, 2.75) is 0 Å². The number of benzene rings is 1. The van der Waals surface area contributed by atoms with E-state index in [9.17, 15) is 18.8 Å². The molecule has 0 unspecified atom stereocenters. The highest BCUT2D eigenvalue weighted by Crippen LogP contribution is 2.25. The Kier molecular flexibility index (Phi) is 5.31. The van der Waals surface area contributed by atoms with Gasteiger partial charge in [0, 0.05) is 0 Å². The Morgan fingerprint density at radius 3 is 2.77 bits per heavy atom. The first-order valence-electron chi connectivity index (χ1n) is 6.18. The van der Waals surface area contributed by atoms with Crippen molar-refractivity contribution in [3.8, 4) is 5.75 Å². The first kappa shape index (κ1) is 16.2. The fraction of sp³-hybridized carbons (Fsp3) is 0.308. The highest BCUT2D eigenvalue weighted by Gasteiger charge is 2.28. The number of halogens is 2. The zero-order chi connectivity index (χ0) is 16.1. The van der Waals surface area contributed by atoms with Crippen LogP contribution in [0.1, 0.15) is 0 Å². The molecule has 1 aliphatic rings. The predicted molar refractivity (Wildman–Crippen MR) is 73.6 cm³/mol. The van der Waals surface area contributed by atoms with E-state index in [0.717, 1.165) is 4.90 Å². The lowest BCUT2D eigenvalue weighted by Crippen LogP contribution is -2.35. The fourth-order valence-corrected chi connectivity index (χ4v) is 2.08. The van der Waals surface area contributed by atoms with Crippen molar-refractivity contribution in [2.75, 3.05) is 26.4 Å². The average molecular weight is 376 g/mol. The molecule has 0 bridgehead atoms. The summed E-state index contributed by atoms with van der Waals surface area (Å²) in [5, 5.41) is 0. The number of ether oxygens (including phenoxy) is 3. The standard InChI is InChI=1S/C13H11BrFNO6/c14-9-5-8(15)1-2-10(9)21-7-12(18)22-6-11(17)16-3-4-20-13(16)19/h1-2,5H,3-4,6-7H2. The van der Waals surface area contributed by atoms with Crippen LogP contribution in [0.5, 0.6) is 5.75 Å². The molecule has 2 rings (SSSR count). The molecule has 1 aliphatic heterocycles. The van der Waals surface area contributed by atoms with Gasteiger partial charge in [-0.15, -0.1) is 0 Å². The van der Waals surface area contributed by atoms with Gasteiger partial charge >= 0.3 is 12.1 Å². The molecule has 0 saturated carbocycles. The van der Waals surface area contributed by atoms with Crippen molar-refractivity contribution < 1.29 is 33.0 Å². The minimum absolute atomic E-state index is 0.125. The zero-order valence-electron chi connectivity index (χ0n) is 11.2. The van der Waals surface area contributed by atoms with Crippen molar-refractivity contribution >= 4 is 33.9 Å². The van der Waals surface area contributed by atoms with Crippen LogP contribution in [0.25, 0.3) is 0 Å². The summed E-state index contributed by atoms with van der Waals surface area (Å²) in [5.74, 6) is -1.66. The Labute approximate surface area is 133 Å². The van der Waals surface area contributed by atoms with Gasteiger partial charge in [-0.25, -0.2) is 18.9 Å². The van der Waals surface area contributed by atoms with Crippen molar-refractivity contribution in [2.24, 2.45) is 0 Å². The molecule has 7 nitrogen and oxygen atoms in total. The molecule has 1 fully saturated rings. The number of hydrogen-bond acceptors (Lipinski definition) is 6. The number of hydrogen-bond donors (Lipinski definition) is 0. The van der Waals surface area contributed by atoms with Crippen molar-refractivity contribution in [3.63, 3.8) is 0 Å². The Bertz CT molecular complexity index is 608. The first-order chi connectivity index (χ1) is 10.5. The lowest BCUT2D eigenvalue weighted by molar-refractivity contribution is -0.152. The molecular weight excluding hydrogens is 365 g/mol. The van der Waals surface area contributed by atoms with Crippen LogP contribution in [-0.4, -0.2) is 49.2 Å². The summed E-state index contributed by atoms with van der Waals surface area (Å²) < 4.78 is 27.6. The first-order valence-corrected chi connectivity index (χ1v) is 6.97. The second kappa shape index (κ2) is 7.21. The van der Waals surface area contributed by atoms with E-state index in [1.165, 1.54) is 18.2 Å². The summed E-state index contributed by atoms with van der Waals surface area (Å²) in [6.45, 7) is -0.779. The van der Waals surface area contributed by atoms with Gasteiger partial charge in [0.05, 0.1) is 11.0 Å². The summed E-state index contributed by atoms with van der Waals surface area (Å²) >= 11 is 3.08. The number of nitrogens with zero attached hydrogens (tertiary/aromatic N) is 1. The molecule has 0 atom stereocenters. The van der Waals surface area contributed by atoms with Gasteiger partial charge in [0.2, 0.25) is 0 Å². The Balaban J connectivity index is 1.76. The number of carbonyl (C=O) groups excluding carboxylic acids is 3. The molecule has 1 heterocycles. The van der Waals surface area contributed by atoms with Gasteiger partial charge in [-0.1, -0.05) is 0 Å². The third-order valence-electron chi connectivity index (χ3n) is 2.66. The van der Waals surface area contributed by atoms with E-state index in [-0.39, 0.29) is 18.9 Å². The van der Waals surface area contributed by atoms with Gasteiger partial charge in [-0.05, 0) is 34.1 Å². The molecule has 0 spiro atoms. The molecule has 0 N–H and O–H groups in total. The predicted octanol–water partition coefficient (Wildman–Crippen LogP) is 1.49. The molecule has 9 heteroatoms. The maximum Gasteiger partial charge on any atom is 0.416 e. The van der Waals surface area contributed by atoms with Gasteiger partial charge in [-0.2, -0.15) is 0 Å². The summed E-state index contributed by atoms with van der Waals surface area (Å²) in [6.07, 6.45) is -0.757. The van der Waals surface area contributed by atoms with Crippen LogP contribution >= 0.6 is 15.9 Å². The van der Waals surface area contributed by atoms with E-state index >= 15 is 0 Å². The third-order valence-corrected chi connectivity index (χ3v) is 3.28. The molecular formula is C13H11BrFNO6. The fourth-order valence-electron chi connectivity index (χ4n) is 1.61. The normalized spacial score (nSPS) is 13.7. The molecule has 2 amide bonds. The lowest BCUT2D eigenvalue weighted by Gasteiger charge is -2.11. The topological polar surface area (TPSA) is 82.1 Å². The van der Waals surface area contributed by atoms with Crippen molar-refractivity contribution in [3.05, 3.63) is 28.5 Å². The Hall–Kier alpha value is -2.16. The molecule has 22 heavy (non-hydrogen) atoms. The van der Waals surface area contributed by atoms with E-state index in [0.29, 0.717) is 4.47 Å². The van der Waals surface area contributed by atoms with Crippen LogP contribution in [0.15, 0.2) is 22.7 Å². The molecule has 118 valence electrons. The van der Waals surface area contributed by atoms with E-state index in [2.05, 4.69) is 20.7 Å². The van der Waals surface area contributed by atoms with E-state index in [1.54, 1.807) is 0 Å². The largest absolute Gasteiger partial charge is 0.481 e. The Morgan fingerprint density at radius 1 is 1.36 bits per heavy atom. The van der Waals surface area contributed by atoms with Crippen LogP contribution in [0.4, 0.5) is 9.18 Å². The van der Waals surface area contributed by atoms with E-state index < -0.39 is 37.0 Å². The van der Waals surface area contributed by atoms with E-state index in [1.807, 2.05) is 0 Å². The second-order valence-electron chi connectivity index (χ2n) is 4.18. The van der Waals surface area contributed by atoms with Gasteiger partial charge < -0.3 is 14.2 Å². The van der Waals surface area contributed by atoms with Crippen molar-refractivity contribution in [1.82, 2.24) is 4.90 Å². The molecule has 1 aromatic carbocycles. The average Bonchev–Trinajstić information content (AvgIpc) is 2.90. The number of rotatable bonds is 5. The molecule has 0 radical (unpaired) electrons. The number of imide groups is 1. The van der Waals surface area contributed by atoms with Gasteiger partial charge in [0.15, 0.2) is 13.2 Å². The zero-order valence-corrected chi connectivity index (χ0v) is 12.8. The molecule has 0 aromatic heterocycles. The molecule has 0 aliphatic carbocycles. The lowest BCUT2D eigenvalue weighted by atomic mass is 10.3. The number of esters is 1. The minimum Gasteiger partial charge on any atom is -0.481 e. The monoisotopic (exact) mass is 375 g/mol. The number of cyclic esters (lactones) is 1. The Morgan fingerprint density at radius 2 is 2.14 bits per heavy atom. The van der Waals surface area contributed by atoms with Crippen LogP contribution < -0.4 is 4.74 Å². The van der Waals surface area contributed by atoms with E-state index in [4.69, 9.17) is 9.47 Å². The molecule has 1 aromatic rings. The molecule has 1 saturated heterocycles. The van der Waals surface area contributed by atoms with Crippen LogP contribution in [0, 0.1) is 5.82 Å². The number of amides is 2.